The Morgan fingerprint density at radius 2 is 1.10 bits per heavy atom. The van der Waals surface area contributed by atoms with Crippen LogP contribution in [0.4, 0.5) is 0 Å². The second-order valence-electron chi connectivity index (χ2n) is 7.65. The molecule has 134 valence electrons. The number of nitrogens with zero attached hydrogens (tertiary/aromatic N) is 5. The van der Waals surface area contributed by atoms with Gasteiger partial charge in [-0.2, -0.15) is 0 Å². The normalized spacial score (nSPS) is 12.8. The Kier molecular flexibility index (Phi) is 2.15. The van der Waals surface area contributed by atoms with E-state index in [1.165, 1.54) is 16.3 Å². The van der Waals surface area contributed by atoms with Crippen molar-refractivity contribution in [2.24, 2.45) is 0 Å². The van der Waals surface area contributed by atoms with Gasteiger partial charge in [0.1, 0.15) is 5.52 Å². The molecule has 29 heavy (non-hydrogen) atoms. The molecule has 0 atom stereocenters. The van der Waals surface area contributed by atoms with Crippen molar-refractivity contribution in [3.05, 3.63) is 78.9 Å². The topological polar surface area (TPSA) is 39.0 Å². The summed E-state index contributed by atoms with van der Waals surface area (Å²) in [5.74, 6) is 1.82. The third-order valence-corrected chi connectivity index (χ3v) is 6.15. The average molecular weight is 371 g/mol. The highest BCUT2D eigenvalue weighted by atomic mass is 15.3. The third-order valence-electron chi connectivity index (χ3n) is 6.15. The molecule has 4 heterocycles. The summed E-state index contributed by atoms with van der Waals surface area (Å²) in [6.07, 6.45) is 0. The van der Waals surface area contributed by atoms with Crippen LogP contribution in [0.1, 0.15) is 0 Å². The highest BCUT2D eigenvalue weighted by Gasteiger charge is 2.23. The van der Waals surface area contributed by atoms with Crippen LogP contribution >= 0.6 is 0 Å². The van der Waals surface area contributed by atoms with Crippen molar-refractivity contribution in [2.45, 2.75) is 0 Å². The van der Waals surface area contributed by atoms with E-state index in [1.54, 1.807) is 0 Å². The van der Waals surface area contributed by atoms with Gasteiger partial charge < -0.3 is 0 Å². The van der Waals surface area contributed by atoms with Gasteiger partial charge in [-0.1, -0.05) is 42.5 Å². The maximum atomic E-state index is 5.05. The molecule has 4 aromatic heterocycles. The van der Waals surface area contributed by atoms with Crippen LogP contribution in [-0.2, 0) is 0 Å². The molecule has 0 saturated heterocycles. The van der Waals surface area contributed by atoms with E-state index in [1.807, 2.05) is 6.07 Å². The van der Waals surface area contributed by atoms with Crippen molar-refractivity contribution in [3.8, 4) is 0 Å². The number of benzene rings is 4. The van der Waals surface area contributed by atoms with Gasteiger partial charge in [-0.15, -0.1) is 0 Å². The Balaban J connectivity index is 1.71. The Hall–Kier alpha value is -4.12. The molecule has 0 N–H and O–H groups in total. The van der Waals surface area contributed by atoms with Crippen LogP contribution in [-0.4, -0.2) is 23.2 Å². The lowest BCUT2D eigenvalue weighted by molar-refractivity contribution is 1.15. The maximum absolute atomic E-state index is 5.05. The summed E-state index contributed by atoms with van der Waals surface area (Å²) in [5, 5.41) is 2.43. The Morgan fingerprint density at radius 3 is 1.93 bits per heavy atom. The number of rotatable bonds is 0. The van der Waals surface area contributed by atoms with Gasteiger partial charge in [0.15, 0.2) is 0 Å². The SMILES string of the molecule is c1ccc2cc3c(cc2c1)nc1n3c2cccc3c2n1c1nc2ccccc2n31. The molecular weight excluding hydrogens is 358 g/mol. The van der Waals surface area contributed by atoms with Crippen molar-refractivity contribution in [1.82, 2.24) is 23.2 Å². The largest absolute Gasteiger partial charge is 0.276 e. The number of hydrogen-bond donors (Lipinski definition) is 0. The zero-order valence-corrected chi connectivity index (χ0v) is 15.2. The van der Waals surface area contributed by atoms with Crippen LogP contribution in [0.2, 0.25) is 0 Å². The van der Waals surface area contributed by atoms with Crippen LogP contribution in [0.5, 0.6) is 0 Å². The minimum absolute atomic E-state index is 0.909. The van der Waals surface area contributed by atoms with E-state index in [9.17, 15) is 0 Å². The van der Waals surface area contributed by atoms with E-state index in [2.05, 4.69) is 86.0 Å². The van der Waals surface area contributed by atoms with E-state index >= 15 is 0 Å². The molecule has 8 rings (SSSR count). The number of hydrogen-bond acceptors (Lipinski definition) is 2. The third kappa shape index (κ3) is 1.48. The van der Waals surface area contributed by atoms with Crippen molar-refractivity contribution in [1.29, 1.82) is 0 Å². The summed E-state index contributed by atoms with van der Waals surface area (Å²) in [7, 11) is 0. The zero-order chi connectivity index (χ0) is 18.7. The first-order valence-electron chi connectivity index (χ1n) is 9.71. The summed E-state index contributed by atoms with van der Waals surface area (Å²) >= 11 is 0. The molecule has 0 aliphatic carbocycles. The first-order valence-corrected chi connectivity index (χ1v) is 9.71. The van der Waals surface area contributed by atoms with Crippen LogP contribution in [0, 0.1) is 0 Å². The second kappa shape index (κ2) is 4.47. The molecule has 5 nitrogen and oxygen atoms in total. The standard InChI is InChI=1S/C24H13N5/c1-2-7-15-13-21-17(12-14(15)6-1)26-24-28(21)20-11-5-10-19-22(20)29(24)23-25-16-8-3-4-9-18(16)27(19)23/h1-13H. The lowest BCUT2D eigenvalue weighted by Gasteiger charge is -1.99. The Bertz CT molecular complexity index is 1910. The van der Waals surface area contributed by atoms with Gasteiger partial charge in [0.05, 0.1) is 33.1 Å². The highest BCUT2D eigenvalue weighted by molar-refractivity contribution is 6.05. The molecule has 0 unspecified atom stereocenters. The molecule has 4 aromatic carbocycles. The lowest BCUT2D eigenvalue weighted by atomic mass is 10.1. The van der Waals surface area contributed by atoms with E-state index in [0.717, 1.165) is 44.7 Å². The molecule has 0 amide bonds. The van der Waals surface area contributed by atoms with Crippen LogP contribution in [0.3, 0.4) is 0 Å². The molecule has 0 aliphatic rings. The van der Waals surface area contributed by atoms with Gasteiger partial charge in [0.2, 0.25) is 11.6 Å². The zero-order valence-electron chi connectivity index (χ0n) is 15.2. The minimum atomic E-state index is 0.909. The van der Waals surface area contributed by atoms with E-state index in [0.29, 0.717) is 0 Å². The number of imidazole rings is 4. The number of aromatic nitrogens is 5. The molecule has 0 spiro atoms. The fraction of sp³-hybridized carbons (Fsp3) is 0. The number of para-hydroxylation sites is 3. The molecule has 0 bridgehead atoms. The first-order chi connectivity index (χ1) is 14.4. The van der Waals surface area contributed by atoms with Gasteiger partial charge in [-0.05, 0) is 47.2 Å². The summed E-state index contributed by atoms with van der Waals surface area (Å²) in [4.78, 5) is 10.0. The van der Waals surface area contributed by atoms with E-state index in [4.69, 9.17) is 9.97 Å². The molecular formula is C24H13N5. The van der Waals surface area contributed by atoms with Crippen molar-refractivity contribution in [3.63, 3.8) is 0 Å². The smallest absolute Gasteiger partial charge is 0.223 e. The van der Waals surface area contributed by atoms with Gasteiger partial charge >= 0.3 is 0 Å². The molecule has 0 aliphatic heterocycles. The summed E-state index contributed by atoms with van der Waals surface area (Å²) in [6.45, 7) is 0. The highest BCUT2D eigenvalue weighted by Crippen LogP contribution is 2.34. The first kappa shape index (κ1) is 14.0. The summed E-state index contributed by atoms with van der Waals surface area (Å²) < 4.78 is 6.71. The van der Waals surface area contributed by atoms with E-state index in [-0.39, 0.29) is 0 Å². The fourth-order valence-electron chi connectivity index (χ4n) is 4.94. The Labute approximate surface area is 163 Å². The molecule has 0 fully saturated rings. The van der Waals surface area contributed by atoms with Crippen LogP contribution in [0.25, 0.3) is 60.9 Å². The van der Waals surface area contributed by atoms with Crippen molar-refractivity contribution >= 4 is 60.9 Å². The molecule has 0 radical (unpaired) electrons. The van der Waals surface area contributed by atoms with E-state index < -0.39 is 0 Å². The predicted octanol–water partition coefficient (Wildman–Crippen LogP) is 5.29. The average Bonchev–Trinajstić information content (AvgIpc) is 3.46. The molecule has 8 aromatic rings. The van der Waals surface area contributed by atoms with Crippen molar-refractivity contribution in [2.75, 3.05) is 0 Å². The summed E-state index contributed by atoms with van der Waals surface area (Å²) in [6, 6.07) is 27.6. The quantitative estimate of drug-likeness (QED) is 0.363. The number of fused-ring (bicyclic) bond motifs is 11. The van der Waals surface area contributed by atoms with Crippen LogP contribution < -0.4 is 0 Å². The Morgan fingerprint density at radius 1 is 0.483 bits per heavy atom. The summed E-state index contributed by atoms with van der Waals surface area (Å²) in [5.41, 5.74) is 7.74. The van der Waals surface area contributed by atoms with Crippen molar-refractivity contribution < 1.29 is 0 Å². The lowest BCUT2D eigenvalue weighted by Crippen LogP contribution is -1.87. The van der Waals surface area contributed by atoms with Gasteiger partial charge in [-0.3, -0.25) is 8.80 Å². The van der Waals surface area contributed by atoms with Gasteiger partial charge in [0.25, 0.3) is 0 Å². The van der Waals surface area contributed by atoms with Gasteiger partial charge in [0, 0.05) is 0 Å². The van der Waals surface area contributed by atoms with Gasteiger partial charge in [-0.25, -0.2) is 14.4 Å². The predicted molar refractivity (Wildman–Crippen MR) is 116 cm³/mol. The molecule has 5 heteroatoms. The maximum Gasteiger partial charge on any atom is 0.223 e. The van der Waals surface area contributed by atoms with Crippen LogP contribution in [0.15, 0.2) is 78.9 Å². The fourth-order valence-corrected chi connectivity index (χ4v) is 4.94. The molecule has 0 saturated carbocycles. The minimum Gasteiger partial charge on any atom is -0.276 e. The monoisotopic (exact) mass is 371 g/mol. The second-order valence-corrected chi connectivity index (χ2v) is 7.65.